The maximum atomic E-state index is 5.34. The van der Waals surface area contributed by atoms with E-state index in [-0.39, 0.29) is 0 Å². The lowest BCUT2D eigenvalue weighted by atomic mass is 10.2. The number of rotatable bonds is 6. The van der Waals surface area contributed by atoms with Crippen molar-refractivity contribution in [3.8, 4) is 0 Å². The zero-order chi connectivity index (χ0) is 11.3. The maximum Gasteiger partial charge on any atom is 0.0616 e. The van der Waals surface area contributed by atoms with Crippen LogP contribution in [-0.2, 0) is 18.3 Å². The van der Waals surface area contributed by atoms with Crippen LogP contribution in [0.3, 0.4) is 0 Å². The van der Waals surface area contributed by atoms with E-state index in [9.17, 15) is 0 Å². The Kier molecular flexibility index (Phi) is 4.78. The number of ether oxygens (including phenoxy) is 1. The van der Waals surface area contributed by atoms with Gasteiger partial charge in [0.15, 0.2) is 0 Å². The lowest BCUT2D eigenvalue weighted by molar-refractivity contribution is 0.127. The molecule has 1 rings (SSSR count). The summed E-state index contributed by atoms with van der Waals surface area (Å²) in [7, 11) is 1.96. The molecule has 15 heavy (non-hydrogen) atoms. The van der Waals surface area contributed by atoms with Gasteiger partial charge in [-0.05, 0) is 20.8 Å². The maximum absolute atomic E-state index is 5.34. The highest BCUT2D eigenvalue weighted by Crippen LogP contribution is 2.05. The van der Waals surface area contributed by atoms with Gasteiger partial charge in [0.05, 0.1) is 12.8 Å². The van der Waals surface area contributed by atoms with Crippen molar-refractivity contribution in [2.45, 2.75) is 33.4 Å². The lowest BCUT2D eigenvalue weighted by Crippen LogP contribution is -2.30. The van der Waals surface area contributed by atoms with Gasteiger partial charge in [-0.3, -0.25) is 4.68 Å². The molecule has 0 fully saturated rings. The molecule has 4 heteroatoms. The molecule has 0 amide bonds. The predicted octanol–water partition coefficient (Wildman–Crippen LogP) is 1.24. The van der Waals surface area contributed by atoms with Gasteiger partial charge in [-0.25, -0.2) is 0 Å². The molecule has 86 valence electrons. The van der Waals surface area contributed by atoms with Gasteiger partial charge in [-0.15, -0.1) is 0 Å². The Labute approximate surface area is 91.6 Å². The molecule has 0 radical (unpaired) electrons. The normalized spacial score (nSPS) is 13.1. The largest absolute Gasteiger partial charge is 0.380 e. The van der Waals surface area contributed by atoms with Crippen LogP contribution >= 0.6 is 0 Å². The van der Waals surface area contributed by atoms with Gasteiger partial charge in [0, 0.05) is 37.5 Å². The molecule has 0 saturated heterocycles. The van der Waals surface area contributed by atoms with E-state index in [1.54, 1.807) is 0 Å². The Bertz CT molecular complexity index is 296. The Morgan fingerprint density at radius 2 is 2.33 bits per heavy atom. The van der Waals surface area contributed by atoms with Gasteiger partial charge in [-0.1, -0.05) is 0 Å². The molecular weight excluding hydrogens is 190 g/mol. The van der Waals surface area contributed by atoms with E-state index >= 15 is 0 Å². The summed E-state index contributed by atoms with van der Waals surface area (Å²) >= 11 is 0. The first-order valence-electron chi connectivity index (χ1n) is 5.43. The molecule has 4 nitrogen and oxygen atoms in total. The zero-order valence-electron chi connectivity index (χ0n) is 10.1. The Balaban J connectivity index is 2.33. The smallest absolute Gasteiger partial charge is 0.0616 e. The number of hydrogen-bond acceptors (Lipinski definition) is 3. The van der Waals surface area contributed by atoms with E-state index in [2.05, 4.69) is 24.3 Å². The fourth-order valence-corrected chi connectivity index (χ4v) is 1.36. The van der Waals surface area contributed by atoms with E-state index in [1.807, 2.05) is 24.9 Å². The fraction of sp³-hybridized carbons (Fsp3) is 0.727. The number of aryl methyl sites for hydroxylation is 1. The number of nitrogens with zero attached hydrogens (tertiary/aromatic N) is 2. The SMILES string of the molecule is CCOCC(C)NCc1cnn(C)c1C. The van der Waals surface area contributed by atoms with Gasteiger partial charge in [0.25, 0.3) is 0 Å². The van der Waals surface area contributed by atoms with Crippen LogP contribution in [0.2, 0.25) is 0 Å². The van der Waals surface area contributed by atoms with Crippen LogP contribution in [0, 0.1) is 6.92 Å². The average molecular weight is 211 g/mol. The lowest BCUT2D eigenvalue weighted by Gasteiger charge is -2.13. The molecule has 0 aliphatic rings. The predicted molar refractivity (Wildman–Crippen MR) is 60.7 cm³/mol. The third kappa shape index (κ3) is 3.64. The van der Waals surface area contributed by atoms with Gasteiger partial charge in [0.1, 0.15) is 0 Å². The third-order valence-corrected chi connectivity index (χ3v) is 2.55. The van der Waals surface area contributed by atoms with Crippen molar-refractivity contribution in [2.75, 3.05) is 13.2 Å². The Morgan fingerprint density at radius 1 is 1.60 bits per heavy atom. The zero-order valence-corrected chi connectivity index (χ0v) is 10.1. The van der Waals surface area contributed by atoms with Crippen molar-refractivity contribution >= 4 is 0 Å². The molecule has 1 unspecified atom stereocenters. The van der Waals surface area contributed by atoms with Crippen LogP contribution in [0.1, 0.15) is 25.1 Å². The standard InChI is InChI=1S/C11H21N3O/c1-5-15-8-9(2)12-6-11-7-13-14(4)10(11)3/h7,9,12H,5-6,8H2,1-4H3. The van der Waals surface area contributed by atoms with E-state index in [0.29, 0.717) is 6.04 Å². The molecule has 1 N–H and O–H groups in total. The van der Waals surface area contributed by atoms with E-state index in [0.717, 1.165) is 19.8 Å². The van der Waals surface area contributed by atoms with E-state index < -0.39 is 0 Å². The van der Waals surface area contributed by atoms with Gasteiger partial charge >= 0.3 is 0 Å². The highest BCUT2D eigenvalue weighted by Gasteiger charge is 2.05. The van der Waals surface area contributed by atoms with E-state index in [4.69, 9.17) is 4.74 Å². The summed E-state index contributed by atoms with van der Waals surface area (Å²) in [5.41, 5.74) is 2.46. The minimum Gasteiger partial charge on any atom is -0.380 e. The second-order valence-corrected chi connectivity index (χ2v) is 3.82. The van der Waals surface area contributed by atoms with Gasteiger partial charge < -0.3 is 10.1 Å². The topological polar surface area (TPSA) is 39.1 Å². The molecule has 0 bridgehead atoms. The molecule has 1 atom stereocenters. The first-order valence-corrected chi connectivity index (χ1v) is 5.43. The molecule has 1 aromatic heterocycles. The first kappa shape index (κ1) is 12.2. The Morgan fingerprint density at radius 3 is 2.87 bits per heavy atom. The van der Waals surface area contributed by atoms with Gasteiger partial charge in [0.2, 0.25) is 0 Å². The van der Waals surface area contributed by atoms with Crippen LogP contribution in [0.5, 0.6) is 0 Å². The molecule has 0 saturated carbocycles. The summed E-state index contributed by atoms with van der Waals surface area (Å²) in [6, 6.07) is 0.379. The molecule has 1 heterocycles. The average Bonchev–Trinajstić information content (AvgIpc) is 2.54. The van der Waals surface area contributed by atoms with Crippen LogP contribution in [0.4, 0.5) is 0 Å². The second-order valence-electron chi connectivity index (χ2n) is 3.82. The second kappa shape index (κ2) is 5.88. The van der Waals surface area contributed by atoms with Crippen LogP contribution < -0.4 is 5.32 Å². The minimum absolute atomic E-state index is 0.379. The molecule has 0 aromatic carbocycles. The van der Waals surface area contributed by atoms with Crippen molar-refractivity contribution < 1.29 is 4.74 Å². The van der Waals surface area contributed by atoms with Crippen molar-refractivity contribution in [2.24, 2.45) is 7.05 Å². The molecule has 1 aromatic rings. The van der Waals surface area contributed by atoms with Crippen LogP contribution in [-0.4, -0.2) is 29.0 Å². The monoisotopic (exact) mass is 211 g/mol. The van der Waals surface area contributed by atoms with Crippen molar-refractivity contribution in [3.05, 3.63) is 17.5 Å². The quantitative estimate of drug-likeness (QED) is 0.769. The molecule has 0 aliphatic heterocycles. The summed E-state index contributed by atoms with van der Waals surface area (Å²) in [6.45, 7) is 8.61. The third-order valence-electron chi connectivity index (χ3n) is 2.55. The first-order chi connectivity index (χ1) is 7.15. The Hall–Kier alpha value is -0.870. The van der Waals surface area contributed by atoms with Crippen molar-refractivity contribution in [1.82, 2.24) is 15.1 Å². The van der Waals surface area contributed by atoms with E-state index in [1.165, 1.54) is 11.3 Å². The number of hydrogen-bond donors (Lipinski definition) is 1. The summed E-state index contributed by atoms with van der Waals surface area (Å²) in [6.07, 6.45) is 1.91. The number of aromatic nitrogens is 2. The highest BCUT2D eigenvalue weighted by molar-refractivity contribution is 5.15. The molecule has 0 aliphatic carbocycles. The summed E-state index contributed by atoms with van der Waals surface area (Å²) in [5.74, 6) is 0. The molecular formula is C11H21N3O. The van der Waals surface area contributed by atoms with Gasteiger partial charge in [-0.2, -0.15) is 5.10 Å². The minimum atomic E-state index is 0.379. The number of nitrogens with one attached hydrogen (secondary N) is 1. The molecule has 0 spiro atoms. The fourth-order valence-electron chi connectivity index (χ4n) is 1.36. The summed E-state index contributed by atoms with van der Waals surface area (Å²) in [4.78, 5) is 0. The summed E-state index contributed by atoms with van der Waals surface area (Å²) in [5, 5.41) is 7.61. The van der Waals surface area contributed by atoms with Crippen molar-refractivity contribution in [1.29, 1.82) is 0 Å². The summed E-state index contributed by atoms with van der Waals surface area (Å²) < 4.78 is 7.23. The van der Waals surface area contributed by atoms with Crippen molar-refractivity contribution in [3.63, 3.8) is 0 Å². The van der Waals surface area contributed by atoms with Crippen LogP contribution in [0.25, 0.3) is 0 Å². The van der Waals surface area contributed by atoms with Crippen LogP contribution in [0.15, 0.2) is 6.20 Å². The highest BCUT2D eigenvalue weighted by atomic mass is 16.5.